The largest absolute Gasteiger partial charge is 0.369 e. The van der Waals surface area contributed by atoms with Crippen LogP contribution in [0.25, 0.3) is 10.2 Å². The van der Waals surface area contributed by atoms with Crippen LogP contribution in [0.1, 0.15) is 37.6 Å². The number of hydrogen-bond donors (Lipinski definition) is 1. The van der Waals surface area contributed by atoms with Crippen molar-refractivity contribution in [1.29, 1.82) is 0 Å². The van der Waals surface area contributed by atoms with Crippen molar-refractivity contribution in [2.75, 3.05) is 11.9 Å². The van der Waals surface area contributed by atoms with Crippen LogP contribution in [-0.4, -0.2) is 16.5 Å². The number of anilines is 1. The molecular weight excluding hydrogens is 290 g/mol. The molecule has 0 aromatic carbocycles. The number of thiophene rings is 1. The Bertz CT molecular complexity index is 636. The summed E-state index contributed by atoms with van der Waals surface area (Å²) >= 11 is 7.87. The highest BCUT2D eigenvalue weighted by molar-refractivity contribution is 7.19. The molecule has 0 spiro atoms. The summed E-state index contributed by atoms with van der Waals surface area (Å²) in [5.74, 6) is 2.26. The Morgan fingerprint density at radius 3 is 2.95 bits per heavy atom. The van der Waals surface area contributed by atoms with E-state index < -0.39 is 0 Å². The lowest BCUT2D eigenvalue weighted by molar-refractivity contribution is 0.509. The number of aryl methyl sites for hydroxylation is 1. The van der Waals surface area contributed by atoms with Gasteiger partial charge in [0.1, 0.15) is 10.6 Å². The van der Waals surface area contributed by atoms with Crippen LogP contribution in [0.3, 0.4) is 0 Å². The van der Waals surface area contributed by atoms with E-state index >= 15 is 0 Å². The first-order valence-corrected chi connectivity index (χ1v) is 8.45. The van der Waals surface area contributed by atoms with Gasteiger partial charge in [0, 0.05) is 11.4 Å². The Kier molecular flexibility index (Phi) is 3.87. The second-order valence-corrected chi connectivity index (χ2v) is 7.57. The number of fused-ring (bicyclic) bond motifs is 3. The second kappa shape index (κ2) is 5.49. The molecule has 0 radical (unpaired) electrons. The molecule has 3 rings (SSSR count). The molecule has 3 nitrogen and oxygen atoms in total. The summed E-state index contributed by atoms with van der Waals surface area (Å²) in [6.45, 7) is 7.61. The molecule has 1 aliphatic rings. The Hall–Kier alpha value is -0.870. The molecular formula is C15H20ClN3S. The van der Waals surface area contributed by atoms with E-state index in [1.165, 1.54) is 22.2 Å². The molecule has 5 heteroatoms. The highest BCUT2D eigenvalue weighted by Gasteiger charge is 2.23. The molecule has 2 aromatic rings. The maximum Gasteiger partial charge on any atom is 0.225 e. The molecule has 20 heavy (non-hydrogen) atoms. The van der Waals surface area contributed by atoms with Crippen LogP contribution >= 0.6 is 22.9 Å². The van der Waals surface area contributed by atoms with Crippen molar-refractivity contribution in [3.05, 3.63) is 15.7 Å². The molecule has 0 bridgehead atoms. The van der Waals surface area contributed by atoms with Gasteiger partial charge >= 0.3 is 0 Å². The van der Waals surface area contributed by atoms with Gasteiger partial charge in [0.25, 0.3) is 0 Å². The van der Waals surface area contributed by atoms with E-state index in [1.807, 2.05) is 0 Å². The summed E-state index contributed by atoms with van der Waals surface area (Å²) in [5.41, 5.74) is 1.45. The number of hydrogen-bond acceptors (Lipinski definition) is 4. The smallest absolute Gasteiger partial charge is 0.225 e. The molecule has 0 amide bonds. The van der Waals surface area contributed by atoms with Gasteiger partial charge in [-0.05, 0) is 48.3 Å². The minimum atomic E-state index is 0.343. The summed E-state index contributed by atoms with van der Waals surface area (Å²) in [7, 11) is 0. The highest BCUT2D eigenvalue weighted by Crippen LogP contribution is 2.40. The lowest BCUT2D eigenvalue weighted by Gasteiger charge is -2.18. The van der Waals surface area contributed by atoms with Crippen molar-refractivity contribution in [3.8, 4) is 0 Å². The van der Waals surface area contributed by atoms with E-state index in [9.17, 15) is 0 Å². The number of halogens is 1. The van der Waals surface area contributed by atoms with Crippen molar-refractivity contribution in [2.24, 2.45) is 11.8 Å². The molecule has 2 heterocycles. The van der Waals surface area contributed by atoms with Gasteiger partial charge in [-0.2, -0.15) is 0 Å². The third-order valence-corrected chi connectivity index (χ3v) is 5.12. The van der Waals surface area contributed by atoms with Crippen LogP contribution < -0.4 is 5.32 Å². The van der Waals surface area contributed by atoms with Gasteiger partial charge in [-0.15, -0.1) is 11.3 Å². The SMILES string of the molecule is CC(C)CNc1nc(Cl)nc2sc3c(c12)CCC(C)C3. The average Bonchev–Trinajstić information content (AvgIpc) is 2.72. The summed E-state index contributed by atoms with van der Waals surface area (Å²) in [4.78, 5) is 11.4. The van der Waals surface area contributed by atoms with Crippen molar-refractivity contribution < 1.29 is 0 Å². The van der Waals surface area contributed by atoms with Gasteiger partial charge in [0.05, 0.1) is 5.39 Å². The van der Waals surface area contributed by atoms with Crippen molar-refractivity contribution >= 4 is 39.0 Å². The first-order valence-electron chi connectivity index (χ1n) is 7.26. The molecule has 2 aromatic heterocycles. The van der Waals surface area contributed by atoms with E-state index in [-0.39, 0.29) is 0 Å². The normalized spacial score (nSPS) is 18.6. The molecule has 0 saturated heterocycles. The van der Waals surface area contributed by atoms with Crippen molar-refractivity contribution in [3.63, 3.8) is 0 Å². The number of nitrogens with zero attached hydrogens (tertiary/aromatic N) is 2. The first-order chi connectivity index (χ1) is 9.54. The van der Waals surface area contributed by atoms with Crippen molar-refractivity contribution in [1.82, 2.24) is 9.97 Å². The summed E-state index contributed by atoms with van der Waals surface area (Å²) in [6.07, 6.45) is 3.56. The standard InChI is InChI=1S/C15H20ClN3S/c1-8(2)7-17-13-12-10-5-4-9(3)6-11(10)20-14(12)19-15(16)18-13/h8-9H,4-7H2,1-3H3,(H,17,18,19). The van der Waals surface area contributed by atoms with Gasteiger partial charge in [0.2, 0.25) is 5.28 Å². The molecule has 0 fully saturated rings. The fraction of sp³-hybridized carbons (Fsp3) is 0.600. The molecule has 1 aliphatic carbocycles. The zero-order valence-electron chi connectivity index (χ0n) is 12.2. The molecule has 108 valence electrons. The van der Waals surface area contributed by atoms with E-state index in [1.54, 1.807) is 11.3 Å². The van der Waals surface area contributed by atoms with E-state index in [0.717, 1.165) is 36.0 Å². The summed E-state index contributed by atoms with van der Waals surface area (Å²) < 4.78 is 0. The Morgan fingerprint density at radius 1 is 1.40 bits per heavy atom. The lowest BCUT2D eigenvalue weighted by Crippen LogP contribution is -2.12. The van der Waals surface area contributed by atoms with Gasteiger partial charge < -0.3 is 5.32 Å². The molecule has 0 saturated carbocycles. The third-order valence-electron chi connectivity index (χ3n) is 3.81. The fourth-order valence-corrected chi connectivity index (χ4v) is 4.35. The molecule has 1 atom stereocenters. The van der Waals surface area contributed by atoms with Crippen LogP contribution in [0.4, 0.5) is 5.82 Å². The predicted octanol–water partition coefficient (Wildman–Crippen LogP) is 4.54. The zero-order chi connectivity index (χ0) is 14.3. The Morgan fingerprint density at radius 2 is 2.20 bits per heavy atom. The maximum atomic E-state index is 6.08. The topological polar surface area (TPSA) is 37.8 Å². The molecule has 1 unspecified atom stereocenters. The molecule has 0 aliphatic heterocycles. The highest BCUT2D eigenvalue weighted by atomic mass is 35.5. The van der Waals surface area contributed by atoms with E-state index in [4.69, 9.17) is 11.6 Å². The number of nitrogens with one attached hydrogen (secondary N) is 1. The first kappa shape index (κ1) is 14.1. The zero-order valence-corrected chi connectivity index (χ0v) is 13.7. The van der Waals surface area contributed by atoms with Gasteiger partial charge in [-0.3, -0.25) is 0 Å². The maximum absolute atomic E-state index is 6.08. The van der Waals surface area contributed by atoms with Crippen LogP contribution in [0.2, 0.25) is 5.28 Å². The van der Waals surface area contributed by atoms with Gasteiger partial charge in [-0.1, -0.05) is 20.8 Å². The Balaban J connectivity index is 2.09. The minimum absolute atomic E-state index is 0.343. The van der Waals surface area contributed by atoms with Crippen LogP contribution in [0.15, 0.2) is 0 Å². The van der Waals surface area contributed by atoms with Gasteiger partial charge in [0.15, 0.2) is 0 Å². The van der Waals surface area contributed by atoms with E-state index in [2.05, 4.69) is 36.1 Å². The quantitative estimate of drug-likeness (QED) is 0.846. The summed E-state index contributed by atoms with van der Waals surface area (Å²) in [6, 6.07) is 0. The molecule has 1 N–H and O–H groups in total. The van der Waals surface area contributed by atoms with Crippen LogP contribution in [0.5, 0.6) is 0 Å². The van der Waals surface area contributed by atoms with Crippen molar-refractivity contribution in [2.45, 2.75) is 40.0 Å². The summed E-state index contributed by atoms with van der Waals surface area (Å²) in [5, 5.41) is 5.00. The number of rotatable bonds is 3. The monoisotopic (exact) mass is 309 g/mol. The predicted molar refractivity (Wildman–Crippen MR) is 86.9 cm³/mol. The second-order valence-electron chi connectivity index (χ2n) is 6.15. The Labute approximate surface area is 128 Å². The minimum Gasteiger partial charge on any atom is -0.369 e. The average molecular weight is 310 g/mol. The number of aromatic nitrogens is 2. The third kappa shape index (κ3) is 2.63. The van der Waals surface area contributed by atoms with Gasteiger partial charge in [-0.25, -0.2) is 9.97 Å². The van der Waals surface area contributed by atoms with Crippen LogP contribution in [0, 0.1) is 11.8 Å². The van der Waals surface area contributed by atoms with Crippen LogP contribution in [-0.2, 0) is 12.8 Å². The van der Waals surface area contributed by atoms with E-state index in [0.29, 0.717) is 11.2 Å². The lowest BCUT2D eigenvalue weighted by atomic mass is 9.89. The fourth-order valence-electron chi connectivity index (χ4n) is 2.75.